The minimum Gasteiger partial charge on any atom is -0.306 e. The Labute approximate surface area is 106 Å². The first-order valence-electron chi connectivity index (χ1n) is 5.59. The summed E-state index contributed by atoms with van der Waals surface area (Å²) in [6.07, 6.45) is 0. The van der Waals surface area contributed by atoms with Crippen molar-refractivity contribution < 1.29 is 8.78 Å². The topological polar surface area (TPSA) is 45.8 Å². The van der Waals surface area contributed by atoms with Crippen molar-refractivity contribution in [3.63, 3.8) is 0 Å². The SMILES string of the molecule is O=c1[nH]c(-c2ccc(F)cc2)nc2ccc(F)cc12. The molecule has 1 N–H and O–H groups in total. The van der Waals surface area contributed by atoms with E-state index in [1.807, 2.05) is 0 Å². The summed E-state index contributed by atoms with van der Waals surface area (Å²) in [6.45, 7) is 0. The third-order valence-electron chi connectivity index (χ3n) is 2.79. The maximum absolute atomic E-state index is 13.1. The van der Waals surface area contributed by atoms with E-state index in [2.05, 4.69) is 9.97 Å². The van der Waals surface area contributed by atoms with Crippen molar-refractivity contribution in [2.24, 2.45) is 0 Å². The largest absolute Gasteiger partial charge is 0.306 e. The predicted octanol–water partition coefficient (Wildman–Crippen LogP) is 2.87. The molecule has 0 bridgehead atoms. The van der Waals surface area contributed by atoms with Crippen molar-refractivity contribution in [1.82, 2.24) is 9.97 Å². The molecule has 0 amide bonds. The smallest absolute Gasteiger partial charge is 0.259 e. The Hall–Kier alpha value is -2.56. The second-order valence-corrected chi connectivity index (χ2v) is 4.08. The van der Waals surface area contributed by atoms with E-state index in [0.29, 0.717) is 16.9 Å². The van der Waals surface area contributed by atoms with Crippen LogP contribution in [0.5, 0.6) is 0 Å². The van der Waals surface area contributed by atoms with Gasteiger partial charge in [0.05, 0.1) is 10.9 Å². The molecule has 5 heteroatoms. The number of hydrogen-bond acceptors (Lipinski definition) is 2. The van der Waals surface area contributed by atoms with Gasteiger partial charge in [0.25, 0.3) is 5.56 Å². The Balaban J connectivity index is 2.24. The molecule has 0 spiro atoms. The zero-order chi connectivity index (χ0) is 13.4. The van der Waals surface area contributed by atoms with Crippen molar-refractivity contribution in [2.45, 2.75) is 0 Å². The molecule has 0 saturated carbocycles. The average molecular weight is 258 g/mol. The van der Waals surface area contributed by atoms with Crippen LogP contribution in [0.4, 0.5) is 8.78 Å². The van der Waals surface area contributed by atoms with Gasteiger partial charge in [0.1, 0.15) is 17.5 Å². The van der Waals surface area contributed by atoms with E-state index < -0.39 is 11.4 Å². The first kappa shape index (κ1) is 11.5. The van der Waals surface area contributed by atoms with Crippen molar-refractivity contribution in [3.8, 4) is 11.4 Å². The monoisotopic (exact) mass is 258 g/mol. The molecular weight excluding hydrogens is 250 g/mol. The molecule has 0 aliphatic carbocycles. The van der Waals surface area contributed by atoms with Crippen LogP contribution in [0.25, 0.3) is 22.3 Å². The molecule has 0 fully saturated rings. The van der Waals surface area contributed by atoms with Crippen LogP contribution in [-0.2, 0) is 0 Å². The van der Waals surface area contributed by atoms with Crippen LogP contribution in [0.15, 0.2) is 47.3 Å². The lowest BCUT2D eigenvalue weighted by Crippen LogP contribution is -2.09. The van der Waals surface area contributed by atoms with Gasteiger partial charge in [-0.15, -0.1) is 0 Å². The van der Waals surface area contributed by atoms with Crippen molar-refractivity contribution in [1.29, 1.82) is 0 Å². The summed E-state index contributed by atoms with van der Waals surface area (Å²) in [5.74, 6) is -0.535. The van der Waals surface area contributed by atoms with Crippen LogP contribution in [-0.4, -0.2) is 9.97 Å². The van der Waals surface area contributed by atoms with Gasteiger partial charge in [-0.25, -0.2) is 13.8 Å². The lowest BCUT2D eigenvalue weighted by Gasteiger charge is -2.03. The highest BCUT2D eigenvalue weighted by molar-refractivity contribution is 5.79. The van der Waals surface area contributed by atoms with E-state index in [1.54, 1.807) is 0 Å². The van der Waals surface area contributed by atoms with Crippen LogP contribution in [0.3, 0.4) is 0 Å². The highest BCUT2D eigenvalue weighted by atomic mass is 19.1. The van der Waals surface area contributed by atoms with Gasteiger partial charge in [-0.1, -0.05) is 0 Å². The zero-order valence-electron chi connectivity index (χ0n) is 9.65. The fourth-order valence-electron chi connectivity index (χ4n) is 1.86. The third-order valence-corrected chi connectivity index (χ3v) is 2.79. The molecule has 2 aromatic carbocycles. The number of aromatic amines is 1. The summed E-state index contributed by atoms with van der Waals surface area (Å²) in [5.41, 5.74) is 0.554. The molecule has 1 heterocycles. The number of halogens is 2. The van der Waals surface area contributed by atoms with Gasteiger partial charge in [0.15, 0.2) is 0 Å². The Kier molecular flexibility index (Phi) is 2.59. The molecule has 3 nitrogen and oxygen atoms in total. The molecule has 94 valence electrons. The number of hydrogen-bond donors (Lipinski definition) is 1. The highest BCUT2D eigenvalue weighted by Gasteiger charge is 2.06. The molecule has 19 heavy (non-hydrogen) atoms. The minimum atomic E-state index is -0.491. The standard InChI is InChI=1S/C14H8F2N2O/c15-9-3-1-8(2-4-9)13-17-12-6-5-10(16)7-11(12)14(19)18-13/h1-7H,(H,17,18,19). The van der Waals surface area contributed by atoms with Gasteiger partial charge < -0.3 is 4.98 Å². The zero-order valence-corrected chi connectivity index (χ0v) is 9.65. The van der Waals surface area contributed by atoms with Crippen LogP contribution in [0.1, 0.15) is 0 Å². The van der Waals surface area contributed by atoms with E-state index in [4.69, 9.17) is 0 Å². The predicted molar refractivity (Wildman–Crippen MR) is 67.7 cm³/mol. The number of rotatable bonds is 1. The minimum absolute atomic E-state index is 0.186. The molecule has 1 aromatic heterocycles. The summed E-state index contributed by atoms with van der Waals surface area (Å²) >= 11 is 0. The number of nitrogens with zero attached hydrogens (tertiary/aromatic N) is 1. The number of H-pyrrole nitrogens is 1. The molecule has 0 aliphatic rings. The molecule has 0 unspecified atom stereocenters. The molecule has 0 radical (unpaired) electrons. The first-order chi connectivity index (χ1) is 9.13. The van der Waals surface area contributed by atoms with E-state index >= 15 is 0 Å². The van der Waals surface area contributed by atoms with Crippen molar-refractivity contribution >= 4 is 10.9 Å². The Bertz CT molecular complexity index is 810. The van der Waals surface area contributed by atoms with Gasteiger partial charge in [0.2, 0.25) is 0 Å². The fourth-order valence-corrected chi connectivity index (χ4v) is 1.86. The lowest BCUT2D eigenvalue weighted by atomic mass is 10.2. The summed E-state index contributed by atoms with van der Waals surface area (Å²) in [5, 5.41) is 0.186. The molecule has 3 rings (SSSR count). The number of fused-ring (bicyclic) bond motifs is 1. The van der Waals surface area contributed by atoms with Crippen molar-refractivity contribution in [2.75, 3.05) is 0 Å². The van der Waals surface area contributed by atoms with Crippen LogP contribution < -0.4 is 5.56 Å². The summed E-state index contributed by atoms with van der Waals surface area (Å²) in [6, 6.07) is 9.41. The van der Waals surface area contributed by atoms with Crippen LogP contribution in [0.2, 0.25) is 0 Å². The number of aromatic nitrogens is 2. The maximum atomic E-state index is 13.1. The molecule has 0 atom stereocenters. The fraction of sp³-hybridized carbons (Fsp3) is 0. The molecular formula is C14H8F2N2O. The van der Waals surface area contributed by atoms with Gasteiger partial charge in [-0.05, 0) is 42.5 Å². The first-order valence-corrected chi connectivity index (χ1v) is 5.59. The van der Waals surface area contributed by atoms with Crippen LogP contribution >= 0.6 is 0 Å². The third kappa shape index (κ3) is 2.10. The van der Waals surface area contributed by atoms with Gasteiger partial charge in [-0.2, -0.15) is 0 Å². The number of benzene rings is 2. The normalized spacial score (nSPS) is 10.8. The Morgan fingerprint density at radius 1 is 0.947 bits per heavy atom. The van der Waals surface area contributed by atoms with Crippen molar-refractivity contribution in [3.05, 3.63) is 64.5 Å². The van der Waals surface area contributed by atoms with E-state index in [1.165, 1.54) is 36.4 Å². The average Bonchev–Trinajstić information content (AvgIpc) is 2.40. The van der Waals surface area contributed by atoms with E-state index in [9.17, 15) is 13.6 Å². The van der Waals surface area contributed by atoms with Gasteiger partial charge >= 0.3 is 0 Å². The lowest BCUT2D eigenvalue weighted by molar-refractivity contribution is 0.628. The molecule has 3 aromatic rings. The highest BCUT2D eigenvalue weighted by Crippen LogP contribution is 2.17. The molecule has 0 saturated heterocycles. The van der Waals surface area contributed by atoms with Crippen LogP contribution in [0, 0.1) is 11.6 Å². The van der Waals surface area contributed by atoms with E-state index in [0.717, 1.165) is 6.07 Å². The Morgan fingerprint density at radius 2 is 1.63 bits per heavy atom. The van der Waals surface area contributed by atoms with Gasteiger partial charge in [0, 0.05) is 5.56 Å². The summed E-state index contributed by atoms with van der Waals surface area (Å²) in [4.78, 5) is 18.6. The van der Waals surface area contributed by atoms with E-state index in [-0.39, 0.29) is 11.2 Å². The second-order valence-electron chi connectivity index (χ2n) is 4.08. The summed E-state index contributed by atoms with van der Waals surface area (Å²) in [7, 11) is 0. The quantitative estimate of drug-likeness (QED) is 0.729. The summed E-state index contributed by atoms with van der Waals surface area (Å²) < 4.78 is 25.9. The molecule has 0 aliphatic heterocycles. The Morgan fingerprint density at radius 3 is 2.37 bits per heavy atom. The second kappa shape index (κ2) is 4.28. The maximum Gasteiger partial charge on any atom is 0.259 e. The van der Waals surface area contributed by atoms with Gasteiger partial charge in [-0.3, -0.25) is 4.79 Å². The number of nitrogens with one attached hydrogen (secondary N) is 1.